The van der Waals surface area contributed by atoms with E-state index in [0.29, 0.717) is 28.2 Å². The van der Waals surface area contributed by atoms with E-state index in [1.165, 1.54) is 0 Å². The third-order valence-corrected chi connectivity index (χ3v) is 5.57. The van der Waals surface area contributed by atoms with E-state index < -0.39 is 40.8 Å². The first kappa shape index (κ1) is 22.4. The van der Waals surface area contributed by atoms with Crippen LogP contribution in [0, 0.1) is 29.1 Å². The number of nitrogens with zero attached hydrogens (tertiary/aromatic N) is 1. The molecule has 0 fully saturated rings. The van der Waals surface area contributed by atoms with Gasteiger partial charge in [0, 0.05) is 6.54 Å². The van der Waals surface area contributed by atoms with Crippen LogP contribution < -0.4 is 10.6 Å². The van der Waals surface area contributed by atoms with Crippen LogP contribution in [0.3, 0.4) is 0 Å². The number of nitrogens with two attached hydrogens (primary N) is 1. The van der Waals surface area contributed by atoms with Crippen LogP contribution in [0.5, 0.6) is 0 Å². The number of hydrogen-bond acceptors (Lipinski definition) is 2. The number of primary amides is 1. The molecule has 0 aliphatic heterocycles. The second-order valence-electron chi connectivity index (χ2n) is 5.96. The zero-order valence-electron chi connectivity index (χ0n) is 15.0. The van der Waals surface area contributed by atoms with E-state index in [1.54, 1.807) is 0 Å². The van der Waals surface area contributed by atoms with Crippen molar-refractivity contribution in [3.63, 3.8) is 0 Å². The Kier molecular flexibility index (Phi) is 8.01. The Bertz CT molecular complexity index is 619. The van der Waals surface area contributed by atoms with E-state index >= 15 is 0 Å². The fourth-order valence-corrected chi connectivity index (χ4v) is 3.66. The molecule has 0 spiro atoms. The molecule has 1 aromatic rings. The summed E-state index contributed by atoms with van der Waals surface area (Å²) in [5.41, 5.74) is 3.46. The number of carbonyl (C=O) groups is 1. The summed E-state index contributed by atoms with van der Waals surface area (Å²) in [4.78, 5) is 11.9. The van der Waals surface area contributed by atoms with Gasteiger partial charge in [0.1, 0.15) is 16.2 Å². The van der Waals surface area contributed by atoms with Crippen molar-refractivity contribution in [3.05, 3.63) is 29.1 Å². The number of halogens is 5. The maximum Gasteiger partial charge on any atom is 0.319 e. The van der Waals surface area contributed by atoms with Gasteiger partial charge in [-0.2, -0.15) is 0 Å². The Labute approximate surface area is 152 Å². The summed E-state index contributed by atoms with van der Waals surface area (Å²) in [5.74, 6) is -10.7. The van der Waals surface area contributed by atoms with E-state index in [2.05, 4.69) is 0 Å². The van der Waals surface area contributed by atoms with Crippen LogP contribution in [0.4, 0.5) is 32.4 Å². The van der Waals surface area contributed by atoms with Crippen molar-refractivity contribution in [3.8, 4) is 0 Å². The van der Waals surface area contributed by atoms with Crippen molar-refractivity contribution in [2.75, 3.05) is 11.4 Å². The normalized spacial score (nSPS) is 11.8. The van der Waals surface area contributed by atoms with Gasteiger partial charge < -0.3 is 10.2 Å². The van der Waals surface area contributed by atoms with Crippen LogP contribution in [-0.4, -0.2) is 28.7 Å². The summed E-state index contributed by atoms with van der Waals surface area (Å²) in [5, 5.41) is 0. The highest BCUT2D eigenvalue weighted by Gasteiger charge is 2.31. The number of hydrogen-bond donors (Lipinski definition) is 1. The zero-order chi connectivity index (χ0) is 20.1. The molecular formula is C16H23F5N2O2Si. The van der Waals surface area contributed by atoms with Crippen LogP contribution in [0.25, 0.3) is 0 Å². The lowest BCUT2D eigenvalue weighted by atomic mass is 9.91. The highest BCUT2D eigenvalue weighted by molar-refractivity contribution is 5.98. The number of urea groups is 1. The summed E-state index contributed by atoms with van der Waals surface area (Å²) >= 11 is 0. The molecule has 0 aromatic heterocycles. The lowest BCUT2D eigenvalue weighted by molar-refractivity contribution is 0.0587. The first-order valence-corrected chi connectivity index (χ1v) is 9.10. The minimum atomic E-state index is -2.28. The number of unbranched alkanes of at least 4 members (excludes halogenated alkanes) is 1. The van der Waals surface area contributed by atoms with Crippen molar-refractivity contribution in [2.24, 2.45) is 5.73 Å². The largest absolute Gasteiger partial charge is 0.422 e. The molecule has 0 aliphatic carbocycles. The Morgan fingerprint density at radius 2 is 1.46 bits per heavy atom. The molecule has 2 N–H and O–H groups in total. The minimum absolute atomic E-state index is 0.259. The minimum Gasteiger partial charge on any atom is -0.422 e. The first-order chi connectivity index (χ1) is 12.2. The van der Waals surface area contributed by atoms with Crippen molar-refractivity contribution in [1.29, 1.82) is 0 Å². The number of rotatable bonds is 9. The van der Waals surface area contributed by atoms with Gasteiger partial charge in [0.2, 0.25) is 5.82 Å². The standard InChI is InChI=1S/C16H23F5N2O2Si/c1-3-16(4-2,25-26)7-5-6-8-23(15(22)24)14-12(20)10(18)9(17)11(19)13(14)21/h3-8H2,1-2,26H3,(H2,22,24). The highest BCUT2D eigenvalue weighted by Crippen LogP contribution is 2.31. The van der Waals surface area contributed by atoms with Gasteiger partial charge in [0.05, 0.1) is 5.60 Å². The fourth-order valence-electron chi connectivity index (χ4n) is 2.87. The molecule has 0 atom stereocenters. The van der Waals surface area contributed by atoms with E-state index in [-0.39, 0.29) is 18.6 Å². The Hall–Kier alpha value is -1.68. The van der Waals surface area contributed by atoms with Crippen LogP contribution in [0.2, 0.25) is 0 Å². The SMILES string of the molecule is CCC(CC)(CCCCN(C(N)=O)c1c(F)c(F)c(F)c(F)c1F)O[SiH3]. The molecule has 0 aliphatic rings. The van der Waals surface area contributed by atoms with Gasteiger partial charge in [-0.1, -0.05) is 13.8 Å². The molecule has 2 amide bonds. The molecule has 0 saturated carbocycles. The fraction of sp³-hybridized carbons (Fsp3) is 0.562. The molecule has 0 bridgehead atoms. The summed E-state index contributed by atoms with van der Waals surface area (Å²) in [6.07, 6.45) is 3.00. The number of carbonyl (C=O) groups excluding carboxylic acids is 1. The first-order valence-electron chi connectivity index (χ1n) is 8.29. The predicted molar refractivity (Wildman–Crippen MR) is 91.3 cm³/mol. The number of benzene rings is 1. The average molecular weight is 398 g/mol. The molecular weight excluding hydrogens is 375 g/mol. The van der Waals surface area contributed by atoms with Crippen molar-refractivity contribution < 1.29 is 31.2 Å². The lowest BCUT2D eigenvalue weighted by Crippen LogP contribution is -2.38. The van der Waals surface area contributed by atoms with Gasteiger partial charge in [-0.25, -0.2) is 26.7 Å². The van der Waals surface area contributed by atoms with Crippen molar-refractivity contribution >= 4 is 22.2 Å². The Balaban J connectivity index is 2.98. The Morgan fingerprint density at radius 3 is 1.85 bits per heavy atom. The molecule has 26 heavy (non-hydrogen) atoms. The van der Waals surface area contributed by atoms with Crippen molar-refractivity contribution in [1.82, 2.24) is 0 Å². The van der Waals surface area contributed by atoms with E-state index in [4.69, 9.17) is 10.2 Å². The maximum atomic E-state index is 13.9. The molecule has 0 saturated heterocycles. The molecule has 10 heteroatoms. The summed E-state index contributed by atoms with van der Waals surface area (Å²) < 4.78 is 73.3. The monoisotopic (exact) mass is 398 g/mol. The van der Waals surface area contributed by atoms with Gasteiger partial charge in [-0.3, -0.25) is 4.90 Å². The molecule has 1 rings (SSSR count). The lowest BCUT2D eigenvalue weighted by Gasteiger charge is -2.31. The highest BCUT2D eigenvalue weighted by atomic mass is 28.2. The van der Waals surface area contributed by atoms with Gasteiger partial charge in [0.15, 0.2) is 23.3 Å². The smallest absolute Gasteiger partial charge is 0.319 e. The third-order valence-electron chi connectivity index (χ3n) is 4.71. The maximum absolute atomic E-state index is 13.9. The molecule has 148 valence electrons. The second kappa shape index (κ2) is 9.31. The molecule has 0 unspecified atom stereocenters. The summed E-state index contributed by atoms with van der Waals surface area (Å²) in [6.45, 7) is 3.68. The van der Waals surface area contributed by atoms with Crippen LogP contribution in [0.1, 0.15) is 46.0 Å². The van der Waals surface area contributed by atoms with Gasteiger partial charge in [-0.05, 0) is 32.1 Å². The third kappa shape index (κ3) is 4.53. The molecule has 1 aromatic carbocycles. The topological polar surface area (TPSA) is 55.6 Å². The van der Waals surface area contributed by atoms with Gasteiger partial charge in [0.25, 0.3) is 0 Å². The zero-order valence-corrected chi connectivity index (χ0v) is 17.0. The average Bonchev–Trinajstić information content (AvgIpc) is 2.63. The molecule has 4 nitrogen and oxygen atoms in total. The van der Waals surface area contributed by atoms with E-state index in [0.717, 1.165) is 12.8 Å². The molecule has 0 heterocycles. The predicted octanol–water partition coefficient (Wildman–Crippen LogP) is 3.29. The van der Waals surface area contributed by atoms with Gasteiger partial charge >= 0.3 is 6.03 Å². The molecule has 0 radical (unpaired) electrons. The van der Waals surface area contributed by atoms with Crippen LogP contribution >= 0.6 is 0 Å². The van der Waals surface area contributed by atoms with E-state index in [1.807, 2.05) is 13.8 Å². The summed E-state index contributed by atoms with van der Waals surface area (Å²) in [6, 6.07) is -1.30. The van der Waals surface area contributed by atoms with Crippen LogP contribution in [-0.2, 0) is 4.43 Å². The number of anilines is 1. The second-order valence-corrected chi connectivity index (χ2v) is 6.37. The number of amides is 2. The van der Waals surface area contributed by atoms with Crippen molar-refractivity contribution in [2.45, 2.75) is 51.6 Å². The Morgan fingerprint density at radius 1 is 1.00 bits per heavy atom. The van der Waals surface area contributed by atoms with Crippen LogP contribution in [0.15, 0.2) is 0 Å². The summed E-state index contributed by atoms with van der Waals surface area (Å²) in [7, 11) is 0.549. The van der Waals surface area contributed by atoms with E-state index in [9.17, 15) is 26.7 Å². The van der Waals surface area contributed by atoms with Gasteiger partial charge in [-0.15, -0.1) is 0 Å². The quantitative estimate of drug-likeness (QED) is 0.228.